The lowest BCUT2D eigenvalue weighted by molar-refractivity contribution is 0.0933. The SMILES string of the molecule is COc1cccc(OCCCCN2CCC(CNC(=O)c3cc(Cl)c(N)cc3OC)CC2)c1. The molecule has 8 heteroatoms. The number of methoxy groups -OCH3 is 2. The fourth-order valence-electron chi connectivity index (χ4n) is 3.98. The minimum absolute atomic E-state index is 0.188. The van der Waals surface area contributed by atoms with Crippen LogP contribution in [0.4, 0.5) is 5.69 Å². The summed E-state index contributed by atoms with van der Waals surface area (Å²) in [5.74, 6) is 2.36. The van der Waals surface area contributed by atoms with E-state index in [1.165, 1.54) is 7.11 Å². The molecule has 0 aliphatic carbocycles. The smallest absolute Gasteiger partial charge is 0.255 e. The zero-order valence-corrected chi connectivity index (χ0v) is 20.2. The first kappa shape index (κ1) is 25.0. The number of rotatable bonds is 11. The molecule has 2 aromatic rings. The summed E-state index contributed by atoms with van der Waals surface area (Å²) in [6, 6.07) is 10.8. The monoisotopic (exact) mass is 475 g/mol. The summed E-state index contributed by atoms with van der Waals surface area (Å²) >= 11 is 6.08. The van der Waals surface area contributed by atoms with E-state index in [-0.39, 0.29) is 5.91 Å². The van der Waals surface area contributed by atoms with Crippen molar-refractivity contribution in [2.45, 2.75) is 25.7 Å². The van der Waals surface area contributed by atoms with Gasteiger partial charge < -0.3 is 30.2 Å². The van der Waals surface area contributed by atoms with E-state index in [0.717, 1.165) is 56.8 Å². The van der Waals surface area contributed by atoms with Crippen LogP contribution in [-0.2, 0) is 0 Å². The fourth-order valence-corrected chi connectivity index (χ4v) is 4.14. The van der Waals surface area contributed by atoms with Gasteiger partial charge in [0, 0.05) is 18.7 Å². The fraction of sp³-hybridized carbons (Fsp3) is 0.480. The highest BCUT2D eigenvalue weighted by molar-refractivity contribution is 6.33. The molecule has 33 heavy (non-hydrogen) atoms. The number of nitrogen functional groups attached to an aromatic ring is 1. The Morgan fingerprint density at radius 2 is 1.88 bits per heavy atom. The molecule has 1 fully saturated rings. The quantitative estimate of drug-likeness (QED) is 0.373. The van der Waals surface area contributed by atoms with Crippen LogP contribution >= 0.6 is 11.6 Å². The molecule has 2 aromatic carbocycles. The van der Waals surface area contributed by atoms with Gasteiger partial charge in [-0.3, -0.25) is 4.79 Å². The number of amides is 1. The van der Waals surface area contributed by atoms with Crippen molar-refractivity contribution in [3.63, 3.8) is 0 Å². The first-order chi connectivity index (χ1) is 16.0. The standard InChI is InChI=1S/C25H34ClN3O4/c1-31-19-6-5-7-20(14-19)33-13-4-3-10-29-11-8-18(9-12-29)17-28-25(30)21-15-22(26)23(27)16-24(21)32-2/h5-7,14-16,18H,3-4,8-13,17,27H2,1-2H3,(H,28,30). The Balaban J connectivity index is 1.31. The van der Waals surface area contributed by atoms with Crippen molar-refractivity contribution >= 4 is 23.2 Å². The van der Waals surface area contributed by atoms with Gasteiger partial charge in [0.05, 0.1) is 37.1 Å². The molecule has 0 unspecified atom stereocenters. The van der Waals surface area contributed by atoms with Crippen molar-refractivity contribution in [3.05, 3.63) is 47.0 Å². The van der Waals surface area contributed by atoms with Crippen molar-refractivity contribution in [3.8, 4) is 17.2 Å². The van der Waals surface area contributed by atoms with Gasteiger partial charge in [-0.05, 0) is 69.4 Å². The molecule has 7 nitrogen and oxygen atoms in total. The van der Waals surface area contributed by atoms with Gasteiger partial charge in [0.25, 0.3) is 5.91 Å². The van der Waals surface area contributed by atoms with Gasteiger partial charge in [-0.15, -0.1) is 0 Å². The highest BCUT2D eigenvalue weighted by atomic mass is 35.5. The predicted molar refractivity (Wildman–Crippen MR) is 132 cm³/mol. The summed E-state index contributed by atoms with van der Waals surface area (Å²) in [5.41, 5.74) is 6.60. The number of unbranched alkanes of at least 4 members (excludes halogenated alkanes) is 1. The first-order valence-electron chi connectivity index (χ1n) is 11.4. The Labute approximate surface area is 201 Å². The maximum absolute atomic E-state index is 12.6. The molecule has 0 saturated carbocycles. The molecule has 3 rings (SSSR count). The summed E-state index contributed by atoms with van der Waals surface area (Å²) in [6.45, 7) is 4.52. The summed E-state index contributed by atoms with van der Waals surface area (Å²) in [4.78, 5) is 15.1. The number of piperidine rings is 1. The van der Waals surface area contributed by atoms with E-state index in [2.05, 4.69) is 10.2 Å². The molecule has 1 aliphatic rings. The van der Waals surface area contributed by atoms with Gasteiger partial charge in [0.15, 0.2) is 0 Å². The lowest BCUT2D eigenvalue weighted by Gasteiger charge is -2.32. The van der Waals surface area contributed by atoms with Crippen LogP contribution in [0.1, 0.15) is 36.0 Å². The molecule has 0 aromatic heterocycles. The van der Waals surface area contributed by atoms with E-state index in [1.54, 1.807) is 19.2 Å². The Morgan fingerprint density at radius 3 is 2.61 bits per heavy atom. The number of hydrogen-bond acceptors (Lipinski definition) is 6. The molecular formula is C25H34ClN3O4. The van der Waals surface area contributed by atoms with Crippen LogP contribution in [0.25, 0.3) is 0 Å². The second-order valence-corrected chi connectivity index (χ2v) is 8.71. The number of benzene rings is 2. The number of halogens is 1. The van der Waals surface area contributed by atoms with Gasteiger partial charge in [0.1, 0.15) is 17.2 Å². The molecule has 0 spiro atoms. The number of nitrogens with two attached hydrogens (primary N) is 1. The molecular weight excluding hydrogens is 442 g/mol. The van der Waals surface area contributed by atoms with Gasteiger partial charge in [-0.1, -0.05) is 17.7 Å². The minimum Gasteiger partial charge on any atom is -0.497 e. The van der Waals surface area contributed by atoms with Crippen LogP contribution in [0.2, 0.25) is 5.02 Å². The van der Waals surface area contributed by atoms with E-state index in [1.807, 2.05) is 24.3 Å². The third kappa shape index (κ3) is 7.44. The number of nitrogens with zero attached hydrogens (tertiary/aromatic N) is 1. The predicted octanol–water partition coefficient (Wildman–Crippen LogP) is 4.24. The summed E-state index contributed by atoms with van der Waals surface area (Å²) in [5, 5.41) is 3.38. The van der Waals surface area contributed by atoms with E-state index in [9.17, 15) is 4.79 Å². The Hall–Kier alpha value is -2.64. The van der Waals surface area contributed by atoms with Gasteiger partial charge in [-0.2, -0.15) is 0 Å². The normalized spacial score (nSPS) is 14.6. The lowest BCUT2D eigenvalue weighted by atomic mass is 9.96. The van der Waals surface area contributed by atoms with Crippen molar-refractivity contribution in [2.75, 3.05) is 52.7 Å². The molecule has 1 aliphatic heterocycles. The van der Waals surface area contributed by atoms with Crippen molar-refractivity contribution < 1.29 is 19.0 Å². The van der Waals surface area contributed by atoms with Crippen LogP contribution in [-0.4, -0.2) is 57.8 Å². The average molecular weight is 476 g/mol. The van der Waals surface area contributed by atoms with Crippen LogP contribution in [0.3, 0.4) is 0 Å². The molecule has 0 bridgehead atoms. The minimum atomic E-state index is -0.188. The maximum atomic E-state index is 12.6. The number of likely N-dealkylation sites (tertiary alicyclic amines) is 1. The maximum Gasteiger partial charge on any atom is 0.255 e. The second-order valence-electron chi connectivity index (χ2n) is 8.30. The van der Waals surface area contributed by atoms with Crippen LogP contribution in [0, 0.1) is 5.92 Å². The second kappa shape index (κ2) is 12.6. The molecule has 0 atom stereocenters. The molecule has 1 amide bonds. The zero-order valence-electron chi connectivity index (χ0n) is 19.4. The summed E-state index contributed by atoms with van der Waals surface area (Å²) in [6.07, 6.45) is 4.25. The molecule has 1 saturated heterocycles. The summed E-state index contributed by atoms with van der Waals surface area (Å²) < 4.78 is 16.3. The van der Waals surface area contributed by atoms with Crippen LogP contribution < -0.4 is 25.3 Å². The van der Waals surface area contributed by atoms with E-state index in [0.29, 0.717) is 41.1 Å². The number of carbonyl (C=O) groups excluding carboxylic acids is 1. The number of anilines is 1. The molecule has 1 heterocycles. The van der Waals surface area contributed by atoms with E-state index >= 15 is 0 Å². The van der Waals surface area contributed by atoms with Crippen LogP contribution in [0.15, 0.2) is 36.4 Å². The number of hydrogen-bond donors (Lipinski definition) is 2. The Kier molecular flexibility index (Phi) is 9.51. The van der Waals surface area contributed by atoms with E-state index in [4.69, 9.17) is 31.5 Å². The molecule has 0 radical (unpaired) electrons. The Bertz CT molecular complexity index is 917. The first-order valence-corrected chi connectivity index (χ1v) is 11.8. The number of ether oxygens (including phenoxy) is 3. The lowest BCUT2D eigenvalue weighted by Crippen LogP contribution is -2.39. The molecule has 3 N–H and O–H groups in total. The highest BCUT2D eigenvalue weighted by Gasteiger charge is 2.21. The van der Waals surface area contributed by atoms with Crippen molar-refractivity contribution in [2.24, 2.45) is 5.92 Å². The third-order valence-corrected chi connectivity index (χ3v) is 6.33. The molecule has 180 valence electrons. The number of carbonyl (C=O) groups is 1. The van der Waals surface area contributed by atoms with E-state index < -0.39 is 0 Å². The van der Waals surface area contributed by atoms with Gasteiger partial charge in [0.2, 0.25) is 0 Å². The topological polar surface area (TPSA) is 86.1 Å². The van der Waals surface area contributed by atoms with Gasteiger partial charge in [-0.25, -0.2) is 0 Å². The summed E-state index contributed by atoms with van der Waals surface area (Å²) in [7, 11) is 3.17. The number of nitrogens with one attached hydrogen (secondary N) is 1. The van der Waals surface area contributed by atoms with Crippen LogP contribution in [0.5, 0.6) is 17.2 Å². The highest BCUT2D eigenvalue weighted by Crippen LogP contribution is 2.29. The Morgan fingerprint density at radius 1 is 1.12 bits per heavy atom. The average Bonchev–Trinajstić information content (AvgIpc) is 2.84. The van der Waals surface area contributed by atoms with Crippen molar-refractivity contribution in [1.29, 1.82) is 0 Å². The van der Waals surface area contributed by atoms with Gasteiger partial charge >= 0.3 is 0 Å². The van der Waals surface area contributed by atoms with Crippen molar-refractivity contribution in [1.82, 2.24) is 10.2 Å². The largest absolute Gasteiger partial charge is 0.497 e. The third-order valence-electron chi connectivity index (χ3n) is 6.00. The zero-order chi connectivity index (χ0) is 23.6.